The summed E-state index contributed by atoms with van der Waals surface area (Å²) in [5.41, 5.74) is -2.91. The van der Waals surface area contributed by atoms with E-state index in [0.717, 1.165) is 31.4 Å². The number of hydrogen-bond acceptors (Lipinski definition) is 14. The first kappa shape index (κ1) is 79.9. The molecule has 0 saturated heterocycles. The van der Waals surface area contributed by atoms with Crippen LogP contribution in [0.25, 0.3) is 22.8 Å². The fraction of sp³-hybridized carbons (Fsp3) is 0.488. The van der Waals surface area contributed by atoms with E-state index < -0.39 is 70.2 Å². The van der Waals surface area contributed by atoms with Crippen LogP contribution in [0.3, 0.4) is 0 Å². The summed E-state index contributed by atoms with van der Waals surface area (Å²) >= 11 is 0. The molecule has 0 unspecified atom stereocenters. The minimum absolute atomic E-state index is 0.137. The van der Waals surface area contributed by atoms with E-state index >= 15 is 28.8 Å². The molecule has 4 amide bonds. The number of hydrogen-bond donors (Lipinski definition) is 0. The second-order valence-electron chi connectivity index (χ2n) is 35.8. The average molecular weight is 1400 g/mol. The Hall–Kier alpha value is -9.46. The third-order valence-electron chi connectivity index (χ3n) is 15.3. The number of rotatable bonds is 10. The molecule has 7 aromatic rings. The highest BCUT2D eigenvalue weighted by Gasteiger charge is 2.44. The molecular weight excluding hydrogens is 1290 g/mol. The lowest BCUT2D eigenvalue weighted by Gasteiger charge is -2.32. The van der Waals surface area contributed by atoms with E-state index in [9.17, 15) is 0 Å². The molecule has 0 bridgehead atoms. The lowest BCUT2D eigenvalue weighted by atomic mass is 9.87. The molecule has 0 aliphatic heterocycles. The van der Waals surface area contributed by atoms with Crippen LogP contribution in [0.2, 0.25) is 0 Å². The summed E-state index contributed by atoms with van der Waals surface area (Å²) in [6.07, 6.45) is -5.72. The van der Waals surface area contributed by atoms with Gasteiger partial charge in [0.15, 0.2) is 34.9 Å². The Morgan fingerprint density at radius 3 is 0.637 bits per heavy atom. The van der Waals surface area contributed by atoms with Gasteiger partial charge < -0.3 is 28.4 Å². The Balaban J connectivity index is 1.71. The smallest absolute Gasteiger partial charge is 0.422 e. The maximum Gasteiger partial charge on any atom is 0.422 e. The van der Waals surface area contributed by atoms with Crippen LogP contribution in [-0.4, -0.2) is 89.3 Å². The Kier molecular flexibility index (Phi) is 22.2. The van der Waals surface area contributed by atoms with Gasteiger partial charge in [0.05, 0.1) is 22.7 Å². The summed E-state index contributed by atoms with van der Waals surface area (Å²) in [5, 5.41) is 0. The number of imidazole rings is 2. The van der Waals surface area contributed by atoms with Crippen LogP contribution in [0.1, 0.15) is 230 Å². The molecule has 0 fully saturated rings. The van der Waals surface area contributed by atoms with Crippen molar-refractivity contribution in [1.82, 2.24) is 19.1 Å². The maximum absolute atomic E-state index is 15.8. The highest BCUT2D eigenvalue weighted by molar-refractivity contribution is 6.09. The lowest BCUT2D eigenvalue weighted by Crippen LogP contribution is -2.39. The van der Waals surface area contributed by atoms with E-state index in [0.29, 0.717) is 0 Å². The summed E-state index contributed by atoms with van der Waals surface area (Å²) in [6, 6.07) is 35.4. The van der Waals surface area contributed by atoms with E-state index in [1.807, 2.05) is 48.5 Å². The summed E-state index contributed by atoms with van der Waals surface area (Å²) in [5.74, 6) is -1.29. The maximum atomic E-state index is 15.8. The first-order chi connectivity index (χ1) is 46.3. The number of amides is 4. The van der Waals surface area contributed by atoms with Gasteiger partial charge in [0.2, 0.25) is 0 Å². The van der Waals surface area contributed by atoms with Crippen LogP contribution in [0.4, 0.5) is 74.8 Å². The van der Waals surface area contributed by atoms with Crippen molar-refractivity contribution in [2.24, 2.45) is 0 Å². The van der Waals surface area contributed by atoms with E-state index in [4.69, 9.17) is 38.4 Å². The number of carbonyl (C=O) groups excluding carboxylic acids is 6. The number of anilines is 8. The molecule has 0 saturated carbocycles. The molecule has 2 heterocycles. The molecule has 20 nitrogen and oxygen atoms in total. The first-order valence-corrected chi connectivity index (χ1v) is 34.7. The van der Waals surface area contributed by atoms with Crippen molar-refractivity contribution in [2.45, 2.75) is 263 Å². The van der Waals surface area contributed by atoms with Crippen LogP contribution < -0.4 is 19.6 Å². The highest BCUT2D eigenvalue weighted by Crippen LogP contribution is 2.48. The van der Waals surface area contributed by atoms with Crippen molar-refractivity contribution < 1.29 is 57.2 Å². The molecule has 0 radical (unpaired) electrons. The molecule has 0 N–H and O–H groups in total. The largest absolute Gasteiger partial charge is 0.443 e. The van der Waals surface area contributed by atoms with Crippen LogP contribution >= 0.6 is 0 Å². The van der Waals surface area contributed by atoms with E-state index in [-0.39, 0.29) is 90.5 Å². The molecule has 102 heavy (non-hydrogen) atoms. The predicted octanol–water partition coefficient (Wildman–Crippen LogP) is 22.5. The summed E-state index contributed by atoms with van der Waals surface area (Å²) < 4.78 is 40.0. The molecule has 0 spiro atoms. The second-order valence-corrected chi connectivity index (χ2v) is 35.8. The summed E-state index contributed by atoms with van der Waals surface area (Å²) in [6.45, 7) is 55.6. The standard InChI is InChI=1S/C82H110N8O12/c1-73(2,3)53-35-43-57(44-36-53)85(67(91)97-77(13,14)15)63-65(87(69(93)99-79(19,20)21)59-47-39-55(40-48-59)75(7,8)9)89(71(95)101-81(25,26)27)61(83-63)51-31-33-52(34-32-51)62-84-64(86(68(92)98-78(16,17)18)58-45-37-54(38-46-58)74(4,5)6)66(90(62)72(96)102-82(28,29)30)88(70(94)100-80(22,23)24)60-49-41-56(42-50-60)76(10,11)12/h31-50H,1-30H3. The van der Waals surface area contributed by atoms with Gasteiger partial charge in [0, 0.05) is 11.1 Å². The van der Waals surface area contributed by atoms with Gasteiger partial charge in [-0.25, -0.2) is 67.5 Å². The SMILES string of the molecule is CC(C)(C)OC(=O)N(c1ccc(C(C)(C)C)cc1)c1nc(-c2ccc(-c3nc(N(C(=O)OC(C)(C)C)c4ccc(C(C)(C)C)cc4)c(N(C(=O)OC(C)(C)C)c4ccc(C(C)(C)C)cc4)n3C(=O)OC(C)(C)C)cc2)n(C(=O)OC(C)(C)C)c1N(C(=O)OC(C)(C)C)c1ccc(C(C)(C)C)cc1. The highest BCUT2D eigenvalue weighted by atomic mass is 16.6. The van der Waals surface area contributed by atoms with Gasteiger partial charge in [-0.3, -0.25) is 0 Å². The van der Waals surface area contributed by atoms with Gasteiger partial charge in [-0.05, 0) is 217 Å². The number of benzene rings is 5. The van der Waals surface area contributed by atoms with E-state index in [2.05, 4.69) is 83.1 Å². The van der Waals surface area contributed by atoms with Crippen LogP contribution in [0.5, 0.6) is 0 Å². The fourth-order valence-electron chi connectivity index (χ4n) is 10.5. The zero-order chi connectivity index (χ0) is 77.0. The molecule has 0 aliphatic carbocycles. The van der Waals surface area contributed by atoms with Crippen molar-refractivity contribution in [3.63, 3.8) is 0 Å². The number of nitrogens with zero attached hydrogens (tertiary/aromatic N) is 8. The Morgan fingerprint density at radius 1 is 0.265 bits per heavy atom. The van der Waals surface area contributed by atoms with Crippen LogP contribution in [-0.2, 0) is 50.1 Å². The molecule has 20 heteroatoms. The van der Waals surface area contributed by atoms with Crippen molar-refractivity contribution >= 4 is 82.6 Å². The molecule has 550 valence electrons. The molecular formula is C82H110N8O12. The number of carbonyl (C=O) groups is 6. The van der Waals surface area contributed by atoms with Crippen molar-refractivity contribution in [3.8, 4) is 22.8 Å². The van der Waals surface area contributed by atoms with Gasteiger partial charge >= 0.3 is 36.6 Å². The van der Waals surface area contributed by atoms with Gasteiger partial charge in [-0.2, -0.15) is 0 Å². The monoisotopic (exact) mass is 1400 g/mol. The Morgan fingerprint density at radius 2 is 0.451 bits per heavy atom. The Labute approximate surface area is 605 Å². The molecule has 5 aromatic carbocycles. The zero-order valence-corrected chi connectivity index (χ0v) is 66.0. The second kappa shape index (κ2) is 28.4. The van der Waals surface area contributed by atoms with Gasteiger partial charge in [-0.15, -0.1) is 0 Å². The summed E-state index contributed by atoms with van der Waals surface area (Å²) in [7, 11) is 0. The summed E-state index contributed by atoms with van der Waals surface area (Å²) in [4.78, 5) is 109. The van der Waals surface area contributed by atoms with E-state index in [1.165, 1.54) is 19.6 Å². The number of aromatic nitrogens is 4. The minimum atomic E-state index is -1.17. The van der Waals surface area contributed by atoms with Crippen LogP contribution in [0.15, 0.2) is 121 Å². The molecule has 0 atom stereocenters. The van der Waals surface area contributed by atoms with Crippen molar-refractivity contribution in [2.75, 3.05) is 19.6 Å². The van der Waals surface area contributed by atoms with Crippen LogP contribution in [0, 0.1) is 0 Å². The molecule has 0 aliphatic rings. The van der Waals surface area contributed by atoms with E-state index in [1.54, 1.807) is 197 Å². The van der Waals surface area contributed by atoms with Crippen molar-refractivity contribution in [1.29, 1.82) is 0 Å². The topological polar surface area (TPSA) is 206 Å². The molecule has 7 rings (SSSR count). The van der Waals surface area contributed by atoms with Gasteiger partial charge in [0.1, 0.15) is 33.6 Å². The fourth-order valence-corrected chi connectivity index (χ4v) is 10.5. The number of ether oxygens (including phenoxy) is 6. The predicted molar refractivity (Wildman–Crippen MR) is 406 cm³/mol. The normalized spacial score (nSPS) is 12.8. The average Bonchev–Trinajstić information content (AvgIpc) is 1.57. The zero-order valence-electron chi connectivity index (χ0n) is 66.0. The molecule has 2 aromatic heterocycles. The third-order valence-corrected chi connectivity index (χ3v) is 15.3. The van der Waals surface area contributed by atoms with Gasteiger partial charge in [-0.1, -0.05) is 156 Å². The lowest BCUT2D eigenvalue weighted by molar-refractivity contribution is 0.0520. The third kappa shape index (κ3) is 20.0. The Bertz CT molecular complexity index is 3920. The van der Waals surface area contributed by atoms with Crippen molar-refractivity contribution in [3.05, 3.63) is 144 Å². The minimum Gasteiger partial charge on any atom is -0.443 e. The van der Waals surface area contributed by atoms with Gasteiger partial charge in [0.25, 0.3) is 0 Å². The quantitative estimate of drug-likeness (QED) is 0.117. The first-order valence-electron chi connectivity index (χ1n) is 34.7.